The maximum absolute atomic E-state index is 15.3. The lowest BCUT2D eigenvalue weighted by Crippen LogP contribution is -2.46. The van der Waals surface area contributed by atoms with Crippen molar-refractivity contribution in [1.29, 1.82) is 0 Å². The number of carboxylic acid groups (broad SMARTS) is 1. The van der Waals surface area contributed by atoms with E-state index in [0.717, 1.165) is 4.90 Å². The summed E-state index contributed by atoms with van der Waals surface area (Å²) in [6.45, 7) is 3.91. The Hall–Kier alpha value is -2.35. The fourth-order valence-corrected chi connectivity index (χ4v) is 5.95. The first kappa shape index (κ1) is 23.8. The Morgan fingerprint density at radius 1 is 1.30 bits per heavy atom. The lowest BCUT2D eigenvalue weighted by molar-refractivity contribution is -0.123. The van der Waals surface area contributed by atoms with E-state index < -0.39 is 40.6 Å². The second-order valence-corrected chi connectivity index (χ2v) is 10.4. The Morgan fingerprint density at radius 2 is 2.03 bits per heavy atom. The van der Waals surface area contributed by atoms with Crippen LogP contribution in [0.3, 0.4) is 0 Å². The summed E-state index contributed by atoms with van der Waals surface area (Å²) in [4.78, 5) is 27.3. The zero-order valence-electron chi connectivity index (χ0n) is 18.2. The highest BCUT2D eigenvalue weighted by Gasteiger charge is 2.65. The SMILES string of the molecule is CC(C)(CCO)C[C@@H]1CN(C(=O)O)[C@H](c2cccc(Cl)c2F)C12C(=O)Nc1cc(Cl)ccc12. The summed E-state index contributed by atoms with van der Waals surface area (Å²) in [5.41, 5.74) is -0.679. The average molecular weight is 495 g/mol. The third kappa shape index (κ3) is 3.76. The number of nitrogens with one attached hydrogen (secondary N) is 1. The first-order valence-electron chi connectivity index (χ1n) is 10.7. The Kier molecular flexibility index (Phi) is 6.10. The van der Waals surface area contributed by atoms with Crippen molar-refractivity contribution in [2.75, 3.05) is 18.5 Å². The lowest BCUT2D eigenvalue weighted by Gasteiger charge is -2.38. The predicted molar refractivity (Wildman–Crippen MR) is 124 cm³/mol. The zero-order chi connectivity index (χ0) is 24.1. The molecule has 1 unspecified atom stereocenters. The van der Waals surface area contributed by atoms with Crippen LogP contribution < -0.4 is 5.32 Å². The minimum absolute atomic E-state index is 0.0241. The average Bonchev–Trinajstić information content (AvgIpc) is 3.19. The molecule has 33 heavy (non-hydrogen) atoms. The molecule has 1 fully saturated rings. The predicted octanol–water partition coefficient (Wildman–Crippen LogP) is 5.47. The van der Waals surface area contributed by atoms with Gasteiger partial charge >= 0.3 is 6.09 Å². The quantitative estimate of drug-likeness (QED) is 0.513. The van der Waals surface area contributed by atoms with Crippen LogP contribution in [0.25, 0.3) is 0 Å². The molecule has 2 amide bonds. The molecule has 9 heteroatoms. The van der Waals surface area contributed by atoms with Crippen LogP contribution in [0.4, 0.5) is 14.9 Å². The molecule has 0 saturated carbocycles. The van der Waals surface area contributed by atoms with Crippen molar-refractivity contribution >= 4 is 40.9 Å². The number of likely N-dealkylation sites (tertiary alicyclic amines) is 1. The number of fused-ring (bicyclic) bond motifs is 2. The summed E-state index contributed by atoms with van der Waals surface area (Å²) in [7, 11) is 0. The number of anilines is 1. The van der Waals surface area contributed by atoms with E-state index in [-0.39, 0.29) is 23.7 Å². The molecule has 2 heterocycles. The van der Waals surface area contributed by atoms with E-state index in [9.17, 15) is 19.8 Å². The van der Waals surface area contributed by atoms with Gasteiger partial charge in [0.25, 0.3) is 0 Å². The van der Waals surface area contributed by atoms with E-state index in [4.69, 9.17) is 23.2 Å². The lowest BCUT2D eigenvalue weighted by atomic mass is 9.63. The molecule has 2 aromatic rings. The van der Waals surface area contributed by atoms with Crippen LogP contribution in [0, 0.1) is 17.2 Å². The smallest absolute Gasteiger partial charge is 0.407 e. The molecular formula is C24H25Cl2FN2O4. The van der Waals surface area contributed by atoms with Crippen molar-refractivity contribution in [1.82, 2.24) is 4.90 Å². The largest absolute Gasteiger partial charge is 0.465 e. The summed E-state index contributed by atoms with van der Waals surface area (Å²) >= 11 is 12.2. The fourth-order valence-electron chi connectivity index (χ4n) is 5.59. The normalized spacial score (nSPS) is 24.3. The molecule has 176 valence electrons. The molecule has 6 nitrogen and oxygen atoms in total. The van der Waals surface area contributed by atoms with Crippen molar-refractivity contribution in [3.8, 4) is 0 Å². The first-order chi connectivity index (χ1) is 15.5. The van der Waals surface area contributed by atoms with E-state index >= 15 is 4.39 Å². The van der Waals surface area contributed by atoms with Crippen LogP contribution in [0.5, 0.6) is 0 Å². The second-order valence-electron chi connectivity index (χ2n) is 9.53. The summed E-state index contributed by atoms with van der Waals surface area (Å²) in [6, 6.07) is 8.26. The number of carbonyl (C=O) groups is 2. The molecule has 0 aliphatic carbocycles. The number of rotatable bonds is 5. The number of carbonyl (C=O) groups excluding carboxylic acids is 1. The standard InChI is InChI=1S/C24H25Cl2FN2O4/c1-23(2,8-9-30)11-13-12-29(22(32)33)20(15-4-3-5-17(26)19(15)27)24(13)16-7-6-14(25)10-18(16)28-21(24)31/h3-7,10,13,20,30H,8-9,11-12H2,1-2H3,(H,28,31)(H,32,33)/t13-,20-,24?/m1/s1. The molecule has 3 atom stereocenters. The number of benzene rings is 2. The van der Waals surface area contributed by atoms with Crippen LogP contribution in [0.1, 0.15) is 43.9 Å². The van der Waals surface area contributed by atoms with Crippen molar-refractivity contribution in [2.45, 2.75) is 38.1 Å². The molecule has 1 spiro atoms. The van der Waals surface area contributed by atoms with E-state index in [0.29, 0.717) is 29.1 Å². The van der Waals surface area contributed by atoms with Crippen LogP contribution >= 0.6 is 23.2 Å². The molecule has 1 saturated heterocycles. The maximum atomic E-state index is 15.3. The molecule has 2 aliphatic rings. The van der Waals surface area contributed by atoms with Gasteiger partial charge in [-0.25, -0.2) is 9.18 Å². The third-order valence-electron chi connectivity index (χ3n) is 6.96. The minimum atomic E-state index is -1.39. The Morgan fingerprint density at radius 3 is 2.70 bits per heavy atom. The maximum Gasteiger partial charge on any atom is 0.407 e. The monoisotopic (exact) mass is 494 g/mol. The van der Waals surface area contributed by atoms with Crippen LogP contribution in [-0.2, 0) is 10.2 Å². The first-order valence-corrected chi connectivity index (χ1v) is 11.4. The van der Waals surface area contributed by atoms with E-state index in [1.165, 1.54) is 12.1 Å². The summed E-state index contributed by atoms with van der Waals surface area (Å²) in [6.07, 6.45) is -0.347. The molecule has 0 radical (unpaired) electrons. The molecule has 3 N–H and O–H groups in total. The Bertz CT molecular complexity index is 1130. The van der Waals surface area contributed by atoms with Gasteiger partial charge in [0.1, 0.15) is 11.2 Å². The van der Waals surface area contributed by atoms with Gasteiger partial charge in [-0.3, -0.25) is 9.69 Å². The van der Waals surface area contributed by atoms with Crippen LogP contribution in [0.15, 0.2) is 36.4 Å². The van der Waals surface area contributed by atoms with Gasteiger partial charge in [0.2, 0.25) is 5.91 Å². The highest BCUT2D eigenvalue weighted by molar-refractivity contribution is 6.31. The molecular weight excluding hydrogens is 470 g/mol. The van der Waals surface area contributed by atoms with Gasteiger partial charge in [-0.1, -0.05) is 55.2 Å². The van der Waals surface area contributed by atoms with Gasteiger partial charge in [-0.2, -0.15) is 0 Å². The highest BCUT2D eigenvalue weighted by Crippen LogP contribution is 2.60. The number of aliphatic hydroxyl groups excluding tert-OH is 1. The summed E-state index contributed by atoms with van der Waals surface area (Å²) in [5.74, 6) is -1.64. The molecule has 0 aromatic heterocycles. The van der Waals surface area contributed by atoms with Crippen molar-refractivity contribution < 1.29 is 24.2 Å². The molecule has 0 bridgehead atoms. The Balaban J connectivity index is 2.00. The van der Waals surface area contributed by atoms with Crippen molar-refractivity contribution in [3.63, 3.8) is 0 Å². The van der Waals surface area contributed by atoms with Gasteiger partial charge in [-0.15, -0.1) is 0 Å². The number of amides is 2. The van der Waals surface area contributed by atoms with Crippen molar-refractivity contribution in [3.05, 3.63) is 63.4 Å². The van der Waals surface area contributed by atoms with E-state index in [1.807, 2.05) is 13.8 Å². The third-order valence-corrected chi connectivity index (χ3v) is 7.49. The van der Waals surface area contributed by atoms with Gasteiger partial charge in [0.15, 0.2) is 0 Å². The summed E-state index contributed by atoms with van der Waals surface area (Å²) < 4.78 is 15.3. The van der Waals surface area contributed by atoms with Gasteiger partial charge in [0.05, 0.1) is 11.1 Å². The molecule has 4 rings (SSSR count). The van der Waals surface area contributed by atoms with Crippen molar-refractivity contribution in [2.24, 2.45) is 11.3 Å². The zero-order valence-corrected chi connectivity index (χ0v) is 19.8. The number of hydrogen-bond acceptors (Lipinski definition) is 3. The van der Waals surface area contributed by atoms with Gasteiger partial charge in [-0.05, 0) is 47.9 Å². The van der Waals surface area contributed by atoms with E-state index in [2.05, 4.69) is 5.32 Å². The van der Waals surface area contributed by atoms with Crippen LogP contribution in [-0.4, -0.2) is 40.3 Å². The number of aliphatic hydroxyl groups is 1. The number of nitrogens with zero attached hydrogens (tertiary/aromatic N) is 1. The number of halogens is 3. The molecule has 2 aromatic carbocycles. The van der Waals surface area contributed by atoms with Gasteiger partial charge in [0, 0.05) is 29.4 Å². The fraction of sp³-hybridized carbons (Fsp3) is 0.417. The Labute approximate surface area is 201 Å². The van der Waals surface area contributed by atoms with Gasteiger partial charge < -0.3 is 15.5 Å². The second kappa shape index (κ2) is 8.46. The van der Waals surface area contributed by atoms with Crippen LogP contribution in [0.2, 0.25) is 10.0 Å². The molecule has 2 aliphatic heterocycles. The van der Waals surface area contributed by atoms with E-state index in [1.54, 1.807) is 24.3 Å². The summed E-state index contributed by atoms with van der Waals surface area (Å²) in [5, 5.41) is 22.8. The highest BCUT2D eigenvalue weighted by atomic mass is 35.5. The number of hydrogen-bond donors (Lipinski definition) is 3. The topological polar surface area (TPSA) is 89.9 Å². The minimum Gasteiger partial charge on any atom is -0.465 e.